The quantitative estimate of drug-likeness (QED) is 0.537. The number of aryl methyl sites for hydroxylation is 1. The predicted octanol–water partition coefficient (Wildman–Crippen LogP) is 4.44. The molecular weight excluding hydrogens is 490 g/mol. The lowest BCUT2D eigenvalue weighted by molar-refractivity contribution is -0.116. The number of nitrogens with zero attached hydrogens (tertiary/aromatic N) is 2. The van der Waals surface area contributed by atoms with E-state index in [1.807, 2.05) is 31.2 Å². The van der Waals surface area contributed by atoms with Gasteiger partial charge in [-0.1, -0.05) is 29.8 Å². The fourth-order valence-corrected chi connectivity index (χ4v) is 4.92. The summed E-state index contributed by atoms with van der Waals surface area (Å²) in [6.07, 6.45) is 0.774. The molecule has 38 heavy (non-hydrogen) atoms. The van der Waals surface area contributed by atoms with Crippen molar-refractivity contribution >= 4 is 29.1 Å². The number of nitrogens with one attached hydrogen (secondary N) is 2. The van der Waals surface area contributed by atoms with Crippen LogP contribution in [-0.2, 0) is 4.79 Å². The second-order valence-electron chi connectivity index (χ2n) is 9.61. The molecule has 0 aliphatic carbocycles. The van der Waals surface area contributed by atoms with Crippen LogP contribution < -0.4 is 15.5 Å². The molecule has 2 aliphatic rings. The van der Waals surface area contributed by atoms with Gasteiger partial charge in [-0.3, -0.25) is 19.3 Å². The largest absolute Gasteiger partial charge is 0.337 e. The Morgan fingerprint density at radius 2 is 1.61 bits per heavy atom. The van der Waals surface area contributed by atoms with Gasteiger partial charge in [-0.25, -0.2) is 8.78 Å². The standard InChI is InChI=1S/C29H28F2N4O3/c1-18-3-5-19(6-4-18)26-17-27(36)33-24-16-21(28(37)34-13-2-11-32-12-14-34)8-10-25(24)35(26)29(38)20-7-9-22(30)23(31)15-20/h3-10,15-16,26,32H,2,11-14,17H2,1H3,(H,33,36). The third-order valence-electron chi connectivity index (χ3n) is 6.94. The van der Waals surface area contributed by atoms with Gasteiger partial charge in [0.2, 0.25) is 5.91 Å². The Morgan fingerprint density at radius 3 is 2.37 bits per heavy atom. The Kier molecular flexibility index (Phi) is 7.20. The first kappa shape index (κ1) is 25.5. The smallest absolute Gasteiger partial charge is 0.259 e. The van der Waals surface area contributed by atoms with Crippen LogP contribution in [0.15, 0.2) is 60.7 Å². The van der Waals surface area contributed by atoms with Gasteiger partial charge in [-0.15, -0.1) is 0 Å². The highest BCUT2D eigenvalue weighted by Gasteiger charge is 2.35. The van der Waals surface area contributed by atoms with E-state index in [0.29, 0.717) is 42.1 Å². The van der Waals surface area contributed by atoms with E-state index in [1.54, 1.807) is 23.1 Å². The van der Waals surface area contributed by atoms with Crippen LogP contribution in [0.3, 0.4) is 0 Å². The van der Waals surface area contributed by atoms with E-state index in [4.69, 9.17) is 0 Å². The third kappa shape index (κ3) is 5.15. The average Bonchev–Trinajstić information content (AvgIpc) is 3.27. The van der Waals surface area contributed by atoms with Gasteiger partial charge in [0.15, 0.2) is 11.6 Å². The molecule has 3 aromatic rings. The minimum Gasteiger partial charge on any atom is -0.337 e. The van der Waals surface area contributed by atoms with E-state index < -0.39 is 23.6 Å². The zero-order valence-corrected chi connectivity index (χ0v) is 21.0. The summed E-state index contributed by atoms with van der Waals surface area (Å²) in [5, 5.41) is 6.12. The number of rotatable bonds is 3. The molecule has 7 nitrogen and oxygen atoms in total. The van der Waals surface area contributed by atoms with Crippen LogP contribution in [0.25, 0.3) is 0 Å². The zero-order chi connectivity index (χ0) is 26.8. The highest BCUT2D eigenvalue weighted by Crippen LogP contribution is 2.40. The van der Waals surface area contributed by atoms with E-state index in [1.165, 1.54) is 11.0 Å². The van der Waals surface area contributed by atoms with E-state index in [0.717, 1.165) is 30.7 Å². The summed E-state index contributed by atoms with van der Waals surface area (Å²) in [6.45, 7) is 4.65. The maximum atomic E-state index is 14.1. The van der Waals surface area contributed by atoms with Crippen LogP contribution in [-0.4, -0.2) is 48.8 Å². The first-order valence-corrected chi connectivity index (χ1v) is 12.6. The Labute approximate surface area is 219 Å². The van der Waals surface area contributed by atoms with Crippen LogP contribution >= 0.6 is 0 Å². The minimum absolute atomic E-state index is 0.0569. The van der Waals surface area contributed by atoms with Gasteiger partial charge < -0.3 is 15.5 Å². The van der Waals surface area contributed by atoms with Crippen LogP contribution in [0.1, 0.15) is 50.7 Å². The summed E-state index contributed by atoms with van der Waals surface area (Å²) >= 11 is 0. The third-order valence-corrected chi connectivity index (χ3v) is 6.94. The first-order valence-electron chi connectivity index (χ1n) is 12.6. The molecule has 1 fully saturated rings. The molecule has 1 unspecified atom stereocenters. The van der Waals surface area contributed by atoms with E-state index in [2.05, 4.69) is 10.6 Å². The SMILES string of the molecule is Cc1ccc(C2CC(=O)Nc3cc(C(=O)N4CCCNCC4)ccc3N2C(=O)c2ccc(F)c(F)c2)cc1. The van der Waals surface area contributed by atoms with Crippen LogP contribution in [0.5, 0.6) is 0 Å². The molecule has 9 heteroatoms. The van der Waals surface area contributed by atoms with Gasteiger partial charge in [0.1, 0.15) is 0 Å². The van der Waals surface area contributed by atoms with Crippen LogP contribution in [0.2, 0.25) is 0 Å². The molecule has 0 aromatic heterocycles. The molecule has 3 amide bonds. The number of anilines is 2. The van der Waals surface area contributed by atoms with Gasteiger partial charge in [-0.05, 0) is 61.9 Å². The molecule has 2 N–H and O–H groups in total. The highest BCUT2D eigenvalue weighted by atomic mass is 19.2. The van der Waals surface area contributed by atoms with Crippen LogP contribution in [0, 0.1) is 18.6 Å². The number of halogens is 2. The average molecular weight is 519 g/mol. The van der Waals surface area contributed by atoms with Gasteiger partial charge in [0.25, 0.3) is 11.8 Å². The molecule has 0 spiro atoms. The normalized spacial score (nSPS) is 17.8. The van der Waals surface area contributed by atoms with Crippen molar-refractivity contribution in [3.05, 3.63) is 94.6 Å². The maximum absolute atomic E-state index is 14.1. The van der Waals surface area contributed by atoms with Crippen molar-refractivity contribution in [2.45, 2.75) is 25.8 Å². The Bertz CT molecular complexity index is 1390. The van der Waals surface area contributed by atoms with Crippen molar-refractivity contribution in [3.63, 3.8) is 0 Å². The molecule has 196 valence electrons. The first-order chi connectivity index (χ1) is 18.3. The van der Waals surface area contributed by atoms with E-state index in [-0.39, 0.29) is 23.8 Å². The number of amides is 3. The molecule has 0 saturated carbocycles. The molecule has 0 radical (unpaired) electrons. The Morgan fingerprint density at radius 1 is 0.868 bits per heavy atom. The van der Waals surface area contributed by atoms with E-state index in [9.17, 15) is 23.2 Å². The summed E-state index contributed by atoms with van der Waals surface area (Å²) in [5.41, 5.74) is 2.73. The van der Waals surface area contributed by atoms with Crippen molar-refractivity contribution in [1.82, 2.24) is 10.2 Å². The molecule has 3 aromatic carbocycles. The van der Waals surface area contributed by atoms with Gasteiger partial charge in [-0.2, -0.15) is 0 Å². The maximum Gasteiger partial charge on any atom is 0.259 e. The van der Waals surface area contributed by atoms with Crippen LogP contribution in [0.4, 0.5) is 20.2 Å². The number of hydrogen-bond acceptors (Lipinski definition) is 4. The van der Waals surface area contributed by atoms with Gasteiger partial charge >= 0.3 is 0 Å². The molecule has 2 aliphatic heterocycles. The fraction of sp³-hybridized carbons (Fsp3) is 0.276. The highest BCUT2D eigenvalue weighted by molar-refractivity contribution is 6.12. The summed E-state index contributed by atoms with van der Waals surface area (Å²) in [7, 11) is 0. The second-order valence-corrected chi connectivity index (χ2v) is 9.61. The van der Waals surface area contributed by atoms with E-state index >= 15 is 0 Å². The zero-order valence-electron chi connectivity index (χ0n) is 21.0. The lowest BCUT2D eigenvalue weighted by Gasteiger charge is -2.31. The number of hydrogen-bond donors (Lipinski definition) is 2. The van der Waals surface area contributed by atoms with Crippen molar-refractivity contribution in [2.24, 2.45) is 0 Å². The summed E-state index contributed by atoms with van der Waals surface area (Å²) in [4.78, 5) is 43.4. The summed E-state index contributed by atoms with van der Waals surface area (Å²) < 4.78 is 27.7. The summed E-state index contributed by atoms with van der Waals surface area (Å²) in [6, 6.07) is 14.6. The molecule has 2 heterocycles. The molecule has 0 bridgehead atoms. The van der Waals surface area contributed by atoms with Crippen molar-refractivity contribution in [3.8, 4) is 0 Å². The minimum atomic E-state index is -1.14. The van der Waals surface area contributed by atoms with Gasteiger partial charge in [0.05, 0.1) is 23.8 Å². The van der Waals surface area contributed by atoms with Crippen molar-refractivity contribution in [1.29, 1.82) is 0 Å². The van der Waals surface area contributed by atoms with Gasteiger partial charge in [0, 0.05) is 30.8 Å². The Balaban J connectivity index is 1.60. The number of carbonyl (C=O) groups excluding carboxylic acids is 3. The number of fused-ring (bicyclic) bond motifs is 1. The molecule has 1 saturated heterocycles. The Hall–Kier alpha value is -4.11. The molecule has 1 atom stereocenters. The molecule has 5 rings (SSSR count). The van der Waals surface area contributed by atoms with Crippen molar-refractivity contribution < 1.29 is 23.2 Å². The predicted molar refractivity (Wildman–Crippen MR) is 140 cm³/mol. The monoisotopic (exact) mass is 518 g/mol. The lowest BCUT2D eigenvalue weighted by Crippen LogP contribution is -2.36. The number of benzene rings is 3. The fourth-order valence-electron chi connectivity index (χ4n) is 4.92. The summed E-state index contributed by atoms with van der Waals surface area (Å²) in [5.74, 6) is -3.29. The number of carbonyl (C=O) groups is 3. The topological polar surface area (TPSA) is 81.8 Å². The lowest BCUT2D eigenvalue weighted by atomic mass is 9.98. The van der Waals surface area contributed by atoms with Crippen molar-refractivity contribution in [2.75, 3.05) is 36.4 Å². The second kappa shape index (κ2) is 10.7. The molecular formula is C29H28F2N4O3.